The Balaban J connectivity index is 2.13. The third-order valence-corrected chi connectivity index (χ3v) is 2.74. The van der Waals surface area contributed by atoms with E-state index in [4.69, 9.17) is 5.73 Å². The average Bonchev–Trinajstić information content (AvgIpc) is 2.79. The van der Waals surface area contributed by atoms with Gasteiger partial charge in [-0.3, -0.25) is 4.79 Å². The molecule has 0 spiro atoms. The number of aromatic nitrogens is 3. The van der Waals surface area contributed by atoms with Gasteiger partial charge in [0.2, 0.25) is 0 Å². The van der Waals surface area contributed by atoms with E-state index in [1.165, 1.54) is 12.1 Å². The molecular formula is C12H14FN5O. The highest BCUT2D eigenvalue weighted by molar-refractivity contribution is 5.94. The molecule has 0 aliphatic heterocycles. The van der Waals surface area contributed by atoms with E-state index in [0.717, 1.165) is 6.07 Å². The van der Waals surface area contributed by atoms with E-state index in [2.05, 4.69) is 15.5 Å². The molecule has 0 saturated carbocycles. The predicted molar refractivity (Wildman–Crippen MR) is 67.7 cm³/mol. The molecule has 1 atom stereocenters. The predicted octanol–water partition coefficient (Wildman–Crippen LogP) is 1.03. The first-order valence-corrected chi connectivity index (χ1v) is 5.69. The molecule has 7 heteroatoms. The third-order valence-electron chi connectivity index (χ3n) is 2.74. The van der Waals surface area contributed by atoms with E-state index in [-0.39, 0.29) is 17.3 Å². The summed E-state index contributed by atoms with van der Waals surface area (Å²) < 4.78 is 15.0. The maximum absolute atomic E-state index is 13.3. The normalized spacial score (nSPS) is 12.2. The molecule has 100 valence electrons. The van der Waals surface area contributed by atoms with E-state index < -0.39 is 11.7 Å². The van der Waals surface area contributed by atoms with Gasteiger partial charge in [0.15, 0.2) is 5.82 Å². The Morgan fingerprint density at radius 1 is 1.53 bits per heavy atom. The first-order valence-electron chi connectivity index (χ1n) is 5.69. The lowest BCUT2D eigenvalue weighted by molar-refractivity contribution is 0.0937. The molecule has 0 saturated heterocycles. The molecule has 1 unspecified atom stereocenters. The van der Waals surface area contributed by atoms with Gasteiger partial charge >= 0.3 is 0 Å². The van der Waals surface area contributed by atoms with Crippen LogP contribution in [0.25, 0.3) is 0 Å². The van der Waals surface area contributed by atoms with Gasteiger partial charge in [0, 0.05) is 12.6 Å². The summed E-state index contributed by atoms with van der Waals surface area (Å²) in [6, 6.07) is 3.60. The van der Waals surface area contributed by atoms with Crippen molar-refractivity contribution >= 4 is 11.6 Å². The van der Waals surface area contributed by atoms with Crippen molar-refractivity contribution in [2.75, 3.05) is 5.73 Å². The van der Waals surface area contributed by atoms with Crippen LogP contribution in [0.3, 0.4) is 0 Å². The lowest BCUT2D eigenvalue weighted by atomic mass is 10.1. The molecule has 0 fully saturated rings. The summed E-state index contributed by atoms with van der Waals surface area (Å²) in [6.45, 7) is 1.77. The van der Waals surface area contributed by atoms with Crippen molar-refractivity contribution in [3.8, 4) is 0 Å². The number of nitrogen functional groups attached to an aromatic ring is 1. The van der Waals surface area contributed by atoms with Crippen LogP contribution in [0.4, 0.5) is 10.1 Å². The van der Waals surface area contributed by atoms with Gasteiger partial charge < -0.3 is 15.6 Å². The van der Waals surface area contributed by atoms with Crippen LogP contribution < -0.4 is 11.1 Å². The van der Waals surface area contributed by atoms with Crippen LogP contribution in [0.2, 0.25) is 0 Å². The topological polar surface area (TPSA) is 85.8 Å². The minimum atomic E-state index is -0.612. The second kappa shape index (κ2) is 5.05. The highest BCUT2D eigenvalue weighted by Crippen LogP contribution is 2.13. The number of aryl methyl sites for hydroxylation is 1. The second-order valence-corrected chi connectivity index (χ2v) is 4.23. The van der Waals surface area contributed by atoms with Crippen molar-refractivity contribution in [3.05, 3.63) is 41.7 Å². The SMILES string of the molecule is CC(NC(=O)c1ccc(N)c(F)c1)c1nncn1C. The summed E-state index contributed by atoms with van der Waals surface area (Å²) in [4.78, 5) is 11.9. The molecule has 1 amide bonds. The maximum atomic E-state index is 13.3. The molecule has 0 bridgehead atoms. The van der Waals surface area contributed by atoms with Crippen LogP contribution in [-0.4, -0.2) is 20.7 Å². The molecule has 3 N–H and O–H groups in total. The van der Waals surface area contributed by atoms with Crippen LogP contribution in [0.1, 0.15) is 29.1 Å². The average molecular weight is 263 g/mol. The van der Waals surface area contributed by atoms with Gasteiger partial charge in [-0.1, -0.05) is 0 Å². The maximum Gasteiger partial charge on any atom is 0.251 e. The number of rotatable bonds is 3. The van der Waals surface area contributed by atoms with Crippen LogP contribution in [0, 0.1) is 5.82 Å². The third kappa shape index (κ3) is 2.70. The summed E-state index contributed by atoms with van der Waals surface area (Å²) in [5.41, 5.74) is 5.58. The molecule has 2 aromatic rings. The molecule has 0 aliphatic rings. The summed E-state index contributed by atoms with van der Waals surface area (Å²) in [7, 11) is 1.78. The van der Waals surface area contributed by atoms with Crippen LogP contribution in [0.15, 0.2) is 24.5 Å². The summed E-state index contributed by atoms with van der Waals surface area (Å²) in [6.07, 6.45) is 1.54. The fraction of sp³-hybridized carbons (Fsp3) is 0.250. The van der Waals surface area contributed by atoms with Gasteiger partial charge in [-0.25, -0.2) is 4.39 Å². The Bertz CT molecular complexity index is 610. The number of nitrogens with two attached hydrogens (primary N) is 1. The Hall–Kier alpha value is -2.44. The summed E-state index contributed by atoms with van der Waals surface area (Å²) in [5, 5.41) is 10.3. The number of amides is 1. The van der Waals surface area contributed by atoms with E-state index in [0.29, 0.717) is 5.82 Å². The largest absolute Gasteiger partial charge is 0.396 e. The molecule has 2 rings (SSSR count). The highest BCUT2D eigenvalue weighted by Gasteiger charge is 2.16. The fourth-order valence-corrected chi connectivity index (χ4v) is 1.70. The number of carbonyl (C=O) groups is 1. The van der Waals surface area contributed by atoms with Crippen LogP contribution in [-0.2, 0) is 7.05 Å². The van der Waals surface area contributed by atoms with Gasteiger partial charge in [0.25, 0.3) is 5.91 Å². The van der Waals surface area contributed by atoms with Gasteiger partial charge in [0.1, 0.15) is 12.1 Å². The van der Waals surface area contributed by atoms with Crippen molar-refractivity contribution in [2.45, 2.75) is 13.0 Å². The zero-order valence-corrected chi connectivity index (χ0v) is 10.6. The molecular weight excluding hydrogens is 249 g/mol. The van der Waals surface area contributed by atoms with Crippen molar-refractivity contribution < 1.29 is 9.18 Å². The first-order chi connectivity index (χ1) is 8.99. The number of nitrogens with zero attached hydrogens (tertiary/aromatic N) is 3. The molecule has 19 heavy (non-hydrogen) atoms. The highest BCUT2D eigenvalue weighted by atomic mass is 19.1. The molecule has 0 aliphatic carbocycles. The minimum Gasteiger partial charge on any atom is -0.396 e. The quantitative estimate of drug-likeness (QED) is 0.810. The van der Waals surface area contributed by atoms with Crippen LogP contribution >= 0.6 is 0 Å². The first kappa shape index (κ1) is 13.0. The molecule has 1 heterocycles. The Morgan fingerprint density at radius 2 is 2.26 bits per heavy atom. The second-order valence-electron chi connectivity index (χ2n) is 4.23. The van der Waals surface area contributed by atoms with E-state index in [1.54, 1.807) is 24.9 Å². The number of hydrogen-bond acceptors (Lipinski definition) is 4. The van der Waals surface area contributed by atoms with Gasteiger partial charge in [-0.05, 0) is 25.1 Å². The fourth-order valence-electron chi connectivity index (χ4n) is 1.70. The van der Waals surface area contributed by atoms with Crippen molar-refractivity contribution in [2.24, 2.45) is 7.05 Å². The Labute approximate surface area is 109 Å². The van der Waals surface area contributed by atoms with Crippen LogP contribution in [0.5, 0.6) is 0 Å². The van der Waals surface area contributed by atoms with Crippen molar-refractivity contribution in [3.63, 3.8) is 0 Å². The number of halogens is 1. The smallest absolute Gasteiger partial charge is 0.251 e. The lowest BCUT2D eigenvalue weighted by Gasteiger charge is -2.13. The van der Waals surface area contributed by atoms with E-state index in [1.807, 2.05) is 0 Å². The number of anilines is 1. The lowest BCUT2D eigenvalue weighted by Crippen LogP contribution is -2.28. The Kier molecular flexibility index (Phi) is 3.46. The van der Waals surface area contributed by atoms with Crippen molar-refractivity contribution in [1.29, 1.82) is 0 Å². The number of nitrogens with one attached hydrogen (secondary N) is 1. The van der Waals surface area contributed by atoms with E-state index >= 15 is 0 Å². The molecule has 0 radical (unpaired) electrons. The molecule has 1 aromatic heterocycles. The van der Waals surface area contributed by atoms with Gasteiger partial charge in [-0.15, -0.1) is 10.2 Å². The van der Waals surface area contributed by atoms with E-state index in [9.17, 15) is 9.18 Å². The number of hydrogen-bond donors (Lipinski definition) is 2. The molecule has 6 nitrogen and oxygen atoms in total. The summed E-state index contributed by atoms with van der Waals surface area (Å²) >= 11 is 0. The summed E-state index contributed by atoms with van der Waals surface area (Å²) in [5.74, 6) is -0.391. The van der Waals surface area contributed by atoms with Crippen molar-refractivity contribution in [1.82, 2.24) is 20.1 Å². The number of carbonyl (C=O) groups excluding carboxylic acids is 1. The minimum absolute atomic E-state index is 0.0119. The molecule has 1 aromatic carbocycles. The standard InChI is InChI=1S/C12H14FN5O/c1-7(11-17-15-6-18(11)2)16-12(19)8-3-4-10(14)9(13)5-8/h3-7H,14H2,1-2H3,(H,16,19). The zero-order valence-electron chi connectivity index (χ0n) is 10.6. The Morgan fingerprint density at radius 3 is 2.84 bits per heavy atom. The monoisotopic (exact) mass is 263 g/mol. The number of benzene rings is 1. The zero-order chi connectivity index (χ0) is 14.0. The van der Waals surface area contributed by atoms with Gasteiger partial charge in [-0.2, -0.15) is 0 Å². The van der Waals surface area contributed by atoms with Gasteiger partial charge in [0.05, 0.1) is 11.7 Å².